The van der Waals surface area contributed by atoms with Crippen LogP contribution in [0.15, 0.2) is 0 Å². The van der Waals surface area contributed by atoms with Crippen LogP contribution in [0.1, 0.15) is 46.5 Å². The first-order chi connectivity index (χ1) is 7.96. The number of aliphatic hydroxyl groups is 1. The minimum atomic E-state index is -0.797. The summed E-state index contributed by atoms with van der Waals surface area (Å²) in [5.74, 6) is 0.0954. The van der Waals surface area contributed by atoms with Crippen LogP contribution in [0.4, 0.5) is 0 Å². The topological polar surface area (TPSA) is 61.4 Å². The monoisotopic (exact) mass is 242 g/mol. The molecule has 0 saturated carbocycles. The second kappa shape index (κ2) is 5.83. The van der Waals surface area contributed by atoms with E-state index in [1.54, 1.807) is 6.92 Å². The van der Waals surface area contributed by atoms with Crippen LogP contribution in [-0.2, 0) is 4.79 Å². The van der Waals surface area contributed by atoms with E-state index in [0.29, 0.717) is 13.0 Å². The second-order valence-electron chi connectivity index (χ2n) is 5.49. The highest BCUT2D eigenvalue weighted by molar-refractivity contribution is 5.83. The van der Waals surface area contributed by atoms with Gasteiger partial charge in [-0.3, -0.25) is 4.79 Å². The molecule has 0 aromatic heterocycles. The third-order valence-electron chi connectivity index (χ3n) is 3.85. The van der Waals surface area contributed by atoms with Gasteiger partial charge in [0, 0.05) is 13.1 Å². The standard InChI is InChI=1S/C13H26N2O2/c1-4-6-13(7-8-14-10-13)11(16)15-9-12(3,17)5-2/h14,17H,4-10H2,1-3H3,(H,15,16). The van der Waals surface area contributed by atoms with Gasteiger partial charge in [-0.2, -0.15) is 0 Å². The molecule has 0 spiro atoms. The fourth-order valence-electron chi connectivity index (χ4n) is 2.33. The molecule has 0 aromatic carbocycles. The molecule has 1 heterocycles. The predicted octanol–water partition coefficient (Wildman–Crippen LogP) is 1.04. The van der Waals surface area contributed by atoms with Gasteiger partial charge >= 0.3 is 0 Å². The molecular weight excluding hydrogens is 216 g/mol. The van der Waals surface area contributed by atoms with E-state index in [1.807, 2.05) is 6.92 Å². The summed E-state index contributed by atoms with van der Waals surface area (Å²) < 4.78 is 0. The highest BCUT2D eigenvalue weighted by Crippen LogP contribution is 2.31. The summed E-state index contributed by atoms with van der Waals surface area (Å²) in [6.07, 6.45) is 3.48. The van der Waals surface area contributed by atoms with Crippen LogP contribution in [0.3, 0.4) is 0 Å². The maximum atomic E-state index is 12.3. The van der Waals surface area contributed by atoms with E-state index in [1.165, 1.54) is 0 Å². The normalized spacial score (nSPS) is 27.8. The molecular formula is C13H26N2O2. The zero-order valence-corrected chi connectivity index (χ0v) is 11.3. The Hall–Kier alpha value is -0.610. The van der Waals surface area contributed by atoms with Crippen molar-refractivity contribution in [1.82, 2.24) is 10.6 Å². The third kappa shape index (κ3) is 3.68. The Kier molecular flexibility index (Phi) is 4.95. The third-order valence-corrected chi connectivity index (χ3v) is 3.85. The van der Waals surface area contributed by atoms with Crippen LogP contribution >= 0.6 is 0 Å². The average Bonchev–Trinajstić information content (AvgIpc) is 2.76. The van der Waals surface area contributed by atoms with Crippen molar-refractivity contribution in [2.24, 2.45) is 5.41 Å². The number of nitrogens with one attached hydrogen (secondary N) is 2. The molecule has 1 aliphatic heterocycles. The minimum Gasteiger partial charge on any atom is -0.388 e. The Morgan fingerprint density at radius 2 is 2.24 bits per heavy atom. The van der Waals surface area contributed by atoms with Crippen molar-refractivity contribution >= 4 is 5.91 Å². The molecule has 0 radical (unpaired) electrons. The lowest BCUT2D eigenvalue weighted by molar-refractivity contribution is -0.131. The van der Waals surface area contributed by atoms with Gasteiger partial charge in [-0.05, 0) is 32.7 Å². The fourth-order valence-corrected chi connectivity index (χ4v) is 2.33. The summed E-state index contributed by atoms with van der Waals surface area (Å²) in [5.41, 5.74) is -1.05. The van der Waals surface area contributed by atoms with Gasteiger partial charge in [0.1, 0.15) is 0 Å². The van der Waals surface area contributed by atoms with E-state index < -0.39 is 5.60 Å². The second-order valence-corrected chi connectivity index (χ2v) is 5.49. The number of hydrogen-bond donors (Lipinski definition) is 3. The molecule has 1 aliphatic rings. The van der Waals surface area contributed by atoms with E-state index >= 15 is 0 Å². The molecule has 3 N–H and O–H groups in total. The molecule has 100 valence electrons. The van der Waals surface area contributed by atoms with Crippen LogP contribution in [0.5, 0.6) is 0 Å². The minimum absolute atomic E-state index is 0.0954. The summed E-state index contributed by atoms with van der Waals surface area (Å²) in [4.78, 5) is 12.3. The lowest BCUT2D eigenvalue weighted by Crippen LogP contribution is -2.48. The SMILES string of the molecule is CCCC1(C(=O)NCC(C)(O)CC)CCNC1. The van der Waals surface area contributed by atoms with Crippen molar-refractivity contribution in [2.45, 2.75) is 52.1 Å². The van der Waals surface area contributed by atoms with Crippen molar-refractivity contribution in [3.8, 4) is 0 Å². The number of carbonyl (C=O) groups excluding carboxylic acids is 1. The number of hydrogen-bond acceptors (Lipinski definition) is 3. The van der Waals surface area contributed by atoms with Crippen molar-refractivity contribution in [3.05, 3.63) is 0 Å². The predicted molar refractivity (Wildman–Crippen MR) is 68.8 cm³/mol. The molecule has 0 aliphatic carbocycles. The van der Waals surface area contributed by atoms with E-state index in [-0.39, 0.29) is 11.3 Å². The quantitative estimate of drug-likeness (QED) is 0.652. The Balaban J connectivity index is 2.55. The molecule has 2 unspecified atom stereocenters. The Morgan fingerprint density at radius 1 is 1.53 bits per heavy atom. The van der Waals surface area contributed by atoms with Gasteiger partial charge in [0.25, 0.3) is 0 Å². The summed E-state index contributed by atoms with van der Waals surface area (Å²) >= 11 is 0. The van der Waals surface area contributed by atoms with E-state index in [4.69, 9.17) is 0 Å². The van der Waals surface area contributed by atoms with E-state index in [0.717, 1.165) is 32.4 Å². The number of carbonyl (C=O) groups is 1. The summed E-state index contributed by atoms with van der Waals surface area (Å²) in [7, 11) is 0. The molecule has 1 rings (SSSR count). The van der Waals surface area contributed by atoms with Crippen LogP contribution in [-0.4, -0.2) is 36.2 Å². The van der Waals surface area contributed by atoms with Crippen molar-refractivity contribution < 1.29 is 9.90 Å². The fraction of sp³-hybridized carbons (Fsp3) is 0.923. The van der Waals surface area contributed by atoms with Gasteiger partial charge < -0.3 is 15.7 Å². The van der Waals surface area contributed by atoms with E-state index in [2.05, 4.69) is 17.6 Å². The highest BCUT2D eigenvalue weighted by atomic mass is 16.3. The largest absolute Gasteiger partial charge is 0.388 e. The van der Waals surface area contributed by atoms with Crippen molar-refractivity contribution in [1.29, 1.82) is 0 Å². The van der Waals surface area contributed by atoms with Gasteiger partial charge in [0.2, 0.25) is 5.91 Å². The Bertz CT molecular complexity index is 258. The first kappa shape index (κ1) is 14.5. The lowest BCUT2D eigenvalue weighted by Gasteiger charge is -2.29. The lowest BCUT2D eigenvalue weighted by atomic mass is 9.81. The molecule has 17 heavy (non-hydrogen) atoms. The average molecular weight is 242 g/mol. The Morgan fingerprint density at radius 3 is 2.71 bits per heavy atom. The van der Waals surface area contributed by atoms with Crippen LogP contribution in [0.2, 0.25) is 0 Å². The van der Waals surface area contributed by atoms with Crippen molar-refractivity contribution in [3.63, 3.8) is 0 Å². The summed E-state index contributed by atoms with van der Waals surface area (Å²) in [6, 6.07) is 0. The first-order valence-corrected chi connectivity index (χ1v) is 6.67. The van der Waals surface area contributed by atoms with Crippen LogP contribution in [0.25, 0.3) is 0 Å². The van der Waals surface area contributed by atoms with Gasteiger partial charge in [-0.25, -0.2) is 0 Å². The van der Waals surface area contributed by atoms with Crippen LogP contribution < -0.4 is 10.6 Å². The van der Waals surface area contributed by atoms with Crippen LogP contribution in [0, 0.1) is 5.41 Å². The summed E-state index contributed by atoms with van der Waals surface area (Å²) in [6.45, 7) is 7.81. The maximum Gasteiger partial charge on any atom is 0.227 e. The summed E-state index contributed by atoms with van der Waals surface area (Å²) in [5, 5.41) is 16.1. The van der Waals surface area contributed by atoms with Crippen molar-refractivity contribution in [2.75, 3.05) is 19.6 Å². The molecule has 0 aromatic rings. The molecule has 4 nitrogen and oxygen atoms in total. The molecule has 1 amide bonds. The zero-order chi connectivity index (χ0) is 12.9. The smallest absolute Gasteiger partial charge is 0.227 e. The molecule has 4 heteroatoms. The maximum absolute atomic E-state index is 12.3. The number of amides is 1. The Labute approximate surface area is 104 Å². The molecule has 1 saturated heterocycles. The first-order valence-electron chi connectivity index (χ1n) is 6.67. The van der Waals surface area contributed by atoms with Gasteiger partial charge in [-0.15, -0.1) is 0 Å². The molecule has 2 atom stereocenters. The molecule has 1 fully saturated rings. The van der Waals surface area contributed by atoms with E-state index in [9.17, 15) is 9.90 Å². The number of rotatable bonds is 6. The van der Waals surface area contributed by atoms with Gasteiger partial charge in [0.05, 0.1) is 11.0 Å². The molecule has 0 bridgehead atoms. The van der Waals surface area contributed by atoms with Gasteiger partial charge in [0.15, 0.2) is 0 Å². The van der Waals surface area contributed by atoms with Gasteiger partial charge in [-0.1, -0.05) is 20.3 Å². The zero-order valence-electron chi connectivity index (χ0n) is 11.3. The highest BCUT2D eigenvalue weighted by Gasteiger charge is 2.40.